The maximum absolute atomic E-state index is 5.83. The first kappa shape index (κ1) is 14.0. The fourth-order valence-corrected chi connectivity index (χ4v) is 2.81. The van der Waals surface area contributed by atoms with Crippen molar-refractivity contribution >= 4 is 0 Å². The SMILES string of the molecule is CNC(Cc1cccc(C)c1)c1cccc2c1OCCO2. The van der Waals surface area contributed by atoms with Crippen LogP contribution >= 0.6 is 0 Å². The van der Waals surface area contributed by atoms with Gasteiger partial charge in [0.15, 0.2) is 11.5 Å². The molecule has 1 aliphatic rings. The third-order valence-corrected chi connectivity index (χ3v) is 3.84. The lowest BCUT2D eigenvalue weighted by Crippen LogP contribution is -2.23. The number of ether oxygens (including phenoxy) is 2. The molecule has 0 amide bonds. The molecule has 1 heterocycles. The van der Waals surface area contributed by atoms with Gasteiger partial charge in [0, 0.05) is 11.6 Å². The van der Waals surface area contributed by atoms with Crippen LogP contribution in [0, 0.1) is 6.92 Å². The molecule has 2 aromatic carbocycles. The third-order valence-electron chi connectivity index (χ3n) is 3.84. The molecule has 3 heteroatoms. The molecule has 0 saturated heterocycles. The van der Waals surface area contributed by atoms with E-state index in [1.165, 1.54) is 11.1 Å². The lowest BCUT2D eigenvalue weighted by molar-refractivity contribution is 0.168. The molecule has 110 valence electrons. The maximum atomic E-state index is 5.83. The van der Waals surface area contributed by atoms with Gasteiger partial charge in [0.25, 0.3) is 0 Å². The fraction of sp³-hybridized carbons (Fsp3) is 0.333. The van der Waals surface area contributed by atoms with Gasteiger partial charge in [0.2, 0.25) is 0 Å². The van der Waals surface area contributed by atoms with E-state index in [0.29, 0.717) is 13.2 Å². The van der Waals surface area contributed by atoms with Crippen LogP contribution in [-0.2, 0) is 6.42 Å². The normalized spacial score (nSPS) is 14.8. The van der Waals surface area contributed by atoms with Crippen LogP contribution in [0.2, 0.25) is 0 Å². The highest BCUT2D eigenvalue weighted by Crippen LogP contribution is 2.37. The zero-order chi connectivity index (χ0) is 14.7. The van der Waals surface area contributed by atoms with E-state index in [-0.39, 0.29) is 6.04 Å². The number of hydrogen-bond acceptors (Lipinski definition) is 3. The topological polar surface area (TPSA) is 30.5 Å². The van der Waals surface area contributed by atoms with Crippen molar-refractivity contribution in [2.45, 2.75) is 19.4 Å². The largest absolute Gasteiger partial charge is 0.486 e. The molecule has 1 atom stereocenters. The summed E-state index contributed by atoms with van der Waals surface area (Å²) in [6.07, 6.45) is 0.929. The Balaban J connectivity index is 1.90. The van der Waals surface area contributed by atoms with Gasteiger partial charge in [0.1, 0.15) is 13.2 Å². The predicted molar refractivity (Wildman–Crippen MR) is 84.1 cm³/mol. The highest BCUT2D eigenvalue weighted by molar-refractivity contribution is 5.49. The second-order valence-corrected chi connectivity index (χ2v) is 5.41. The van der Waals surface area contributed by atoms with Gasteiger partial charge in [0.05, 0.1) is 0 Å². The van der Waals surface area contributed by atoms with Gasteiger partial charge in [-0.25, -0.2) is 0 Å². The molecule has 2 aromatic rings. The molecule has 0 aliphatic carbocycles. The second-order valence-electron chi connectivity index (χ2n) is 5.41. The molecule has 0 aromatic heterocycles. The average molecular weight is 283 g/mol. The van der Waals surface area contributed by atoms with Crippen LogP contribution in [0.1, 0.15) is 22.7 Å². The Hall–Kier alpha value is -2.00. The lowest BCUT2D eigenvalue weighted by Gasteiger charge is -2.25. The van der Waals surface area contributed by atoms with Crippen molar-refractivity contribution in [2.24, 2.45) is 0 Å². The van der Waals surface area contributed by atoms with E-state index in [1.807, 2.05) is 19.2 Å². The first-order valence-corrected chi connectivity index (χ1v) is 7.39. The molecular weight excluding hydrogens is 262 g/mol. The molecule has 0 spiro atoms. The average Bonchev–Trinajstić information content (AvgIpc) is 2.52. The molecule has 1 N–H and O–H groups in total. The van der Waals surface area contributed by atoms with Gasteiger partial charge in [-0.15, -0.1) is 0 Å². The highest BCUT2D eigenvalue weighted by atomic mass is 16.6. The van der Waals surface area contributed by atoms with Crippen LogP contribution in [0.15, 0.2) is 42.5 Å². The Labute approximate surface area is 125 Å². The van der Waals surface area contributed by atoms with Crippen LogP contribution in [0.3, 0.4) is 0 Å². The zero-order valence-corrected chi connectivity index (χ0v) is 12.6. The first-order valence-electron chi connectivity index (χ1n) is 7.39. The van der Waals surface area contributed by atoms with Crippen LogP contribution in [-0.4, -0.2) is 20.3 Å². The summed E-state index contributed by atoms with van der Waals surface area (Å²) in [5.74, 6) is 1.74. The monoisotopic (exact) mass is 283 g/mol. The van der Waals surface area contributed by atoms with E-state index >= 15 is 0 Å². The number of likely N-dealkylation sites (N-methyl/N-ethyl adjacent to an activating group) is 1. The van der Waals surface area contributed by atoms with Crippen LogP contribution in [0.25, 0.3) is 0 Å². The summed E-state index contributed by atoms with van der Waals surface area (Å²) in [4.78, 5) is 0. The standard InChI is InChI=1S/C18H21NO2/c1-13-5-3-6-14(11-13)12-16(19-2)15-7-4-8-17-18(15)21-10-9-20-17/h3-8,11,16,19H,9-10,12H2,1-2H3. The van der Waals surface area contributed by atoms with Crippen molar-refractivity contribution in [1.82, 2.24) is 5.32 Å². The van der Waals surface area contributed by atoms with E-state index in [9.17, 15) is 0 Å². The molecular formula is C18H21NO2. The smallest absolute Gasteiger partial charge is 0.166 e. The van der Waals surface area contributed by atoms with Crippen LogP contribution in [0.4, 0.5) is 0 Å². The van der Waals surface area contributed by atoms with Gasteiger partial charge in [-0.2, -0.15) is 0 Å². The van der Waals surface area contributed by atoms with Crippen molar-refractivity contribution in [3.63, 3.8) is 0 Å². The van der Waals surface area contributed by atoms with Gasteiger partial charge >= 0.3 is 0 Å². The molecule has 1 unspecified atom stereocenters. The Morgan fingerprint density at radius 2 is 1.90 bits per heavy atom. The molecule has 21 heavy (non-hydrogen) atoms. The molecule has 3 rings (SSSR count). The number of para-hydroxylation sites is 1. The van der Waals surface area contributed by atoms with Crippen molar-refractivity contribution in [3.05, 3.63) is 59.2 Å². The van der Waals surface area contributed by atoms with Gasteiger partial charge < -0.3 is 14.8 Å². The molecule has 0 bridgehead atoms. The van der Waals surface area contributed by atoms with E-state index in [4.69, 9.17) is 9.47 Å². The molecule has 3 nitrogen and oxygen atoms in total. The Bertz CT molecular complexity index is 624. The minimum Gasteiger partial charge on any atom is -0.486 e. The summed E-state index contributed by atoms with van der Waals surface area (Å²) in [5.41, 5.74) is 3.77. The Kier molecular flexibility index (Phi) is 4.11. The molecule has 0 radical (unpaired) electrons. The van der Waals surface area contributed by atoms with Gasteiger partial charge in [-0.05, 0) is 32.0 Å². The highest BCUT2D eigenvalue weighted by Gasteiger charge is 2.21. The molecule has 1 aliphatic heterocycles. The van der Waals surface area contributed by atoms with Crippen LogP contribution in [0.5, 0.6) is 11.5 Å². The fourth-order valence-electron chi connectivity index (χ4n) is 2.81. The third kappa shape index (κ3) is 3.03. The Morgan fingerprint density at radius 1 is 1.10 bits per heavy atom. The zero-order valence-electron chi connectivity index (χ0n) is 12.6. The van der Waals surface area contributed by atoms with E-state index in [1.54, 1.807) is 0 Å². The summed E-state index contributed by atoms with van der Waals surface area (Å²) in [5, 5.41) is 3.40. The van der Waals surface area contributed by atoms with Crippen molar-refractivity contribution < 1.29 is 9.47 Å². The van der Waals surface area contributed by atoms with E-state index in [0.717, 1.165) is 23.5 Å². The number of rotatable bonds is 4. The minimum atomic E-state index is 0.212. The summed E-state index contributed by atoms with van der Waals surface area (Å²) in [7, 11) is 1.99. The summed E-state index contributed by atoms with van der Waals surface area (Å²) >= 11 is 0. The van der Waals surface area contributed by atoms with Gasteiger partial charge in [-0.3, -0.25) is 0 Å². The van der Waals surface area contributed by atoms with Crippen molar-refractivity contribution in [3.8, 4) is 11.5 Å². The maximum Gasteiger partial charge on any atom is 0.166 e. The summed E-state index contributed by atoms with van der Waals surface area (Å²) in [6.45, 7) is 3.36. The summed E-state index contributed by atoms with van der Waals surface area (Å²) in [6, 6.07) is 15.0. The Morgan fingerprint density at radius 3 is 2.71 bits per heavy atom. The lowest BCUT2D eigenvalue weighted by atomic mass is 9.97. The first-order chi connectivity index (χ1) is 10.3. The minimum absolute atomic E-state index is 0.212. The van der Waals surface area contributed by atoms with Crippen LogP contribution < -0.4 is 14.8 Å². The van der Waals surface area contributed by atoms with Crippen molar-refractivity contribution in [2.75, 3.05) is 20.3 Å². The number of nitrogens with one attached hydrogen (secondary N) is 1. The van der Waals surface area contributed by atoms with E-state index < -0.39 is 0 Å². The molecule has 0 fully saturated rings. The predicted octanol–water partition coefficient (Wildman–Crippen LogP) is 3.27. The number of hydrogen-bond donors (Lipinski definition) is 1. The number of fused-ring (bicyclic) bond motifs is 1. The van der Waals surface area contributed by atoms with Gasteiger partial charge in [-0.1, -0.05) is 42.0 Å². The van der Waals surface area contributed by atoms with Crippen molar-refractivity contribution in [1.29, 1.82) is 0 Å². The molecule has 0 saturated carbocycles. The quantitative estimate of drug-likeness (QED) is 0.934. The number of aryl methyl sites for hydroxylation is 1. The summed E-state index contributed by atoms with van der Waals surface area (Å²) < 4.78 is 11.5. The van der Waals surface area contributed by atoms with E-state index in [2.05, 4.69) is 42.6 Å². The number of benzene rings is 2. The second kappa shape index (κ2) is 6.19.